The van der Waals surface area contributed by atoms with Crippen LogP contribution in [0.5, 0.6) is 0 Å². The summed E-state index contributed by atoms with van der Waals surface area (Å²) in [6.45, 7) is 0. The highest BCUT2D eigenvalue weighted by molar-refractivity contribution is 8.02. The summed E-state index contributed by atoms with van der Waals surface area (Å²) in [4.78, 5) is 5.05. The Bertz CT molecular complexity index is 1920. The zero-order valence-electron chi connectivity index (χ0n) is 22.1. The zero-order chi connectivity index (χ0) is 27.4. The molecule has 0 amide bonds. The van der Waals surface area contributed by atoms with E-state index in [1.54, 1.807) is 0 Å². The van der Waals surface area contributed by atoms with Crippen molar-refractivity contribution in [2.24, 2.45) is 0 Å². The fraction of sp³-hybridized carbons (Fsp3) is 0. The van der Waals surface area contributed by atoms with Crippen LogP contribution in [0.4, 0.5) is 0 Å². The van der Waals surface area contributed by atoms with E-state index in [0.717, 1.165) is 15.9 Å². The summed E-state index contributed by atoms with van der Waals surface area (Å²) >= 11 is 3.67. The van der Waals surface area contributed by atoms with Crippen molar-refractivity contribution in [1.82, 2.24) is 0 Å². The van der Waals surface area contributed by atoms with Crippen LogP contribution in [0.3, 0.4) is 0 Å². The van der Waals surface area contributed by atoms with E-state index >= 15 is 4.57 Å². The van der Waals surface area contributed by atoms with E-state index in [1.807, 2.05) is 84.2 Å². The van der Waals surface area contributed by atoms with Crippen LogP contribution in [-0.4, -0.2) is 8.07 Å². The molecule has 2 aliphatic heterocycles. The molecule has 6 aromatic carbocycles. The molecule has 0 saturated carbocycles. The molecule has 196 valence electrons. The lowest BCUT2D eigenvalue weighted by molar-refractivity contribution is 0.592. The molecule has 41 heavy (non-hydrogen) atoms. The van der Waals surface area contributed by atoms with Gasteiger partial charge in [0.15, 0.2) is 15.2 Å². The molecule has 6 aromatic rings. The van der Waals surface area contributed by atoms with Crippen molar-refractivity contribution in [2.75, 3.05) is 0 Å². The maximum Gasteiger partial charge on any atom is 0.184 e. The Morgan fingerprint density at radius 3 is 1.54 bits per heavy atom. The first-order valence-corrected chi connectivity index (χ1v) is 19.1. The maximum atomic E-state index is 15.8. The Morgan fingerprint density at radius 2 is 0.951 bits per heavy atom. The number of fused-ring (bicyclic) bond motifs is 4. The third-order valence-corrected chi connectivity index (χ3v) is 19.5. The monoisotopic (exact) mass is 596 g/mol. The van der Waals surface area contributed by atoms with E-state index in [1.165, 1.54) is 40.3 Å². The van der Waals surface area contributed by atoms with E-state index < -0.39 is 15.2 Å². The maximum absolute atomic E-state index is 15.8. The van der Waals surface area contributed by atoms with Gasteiger partial charge in [-0.3, -0.25) is 0 Å². The molecule has 1 atom stereocenters. The van der Waals surface area contributed by atoms with Gasteiger partial charge in [-0.25, -0.2) is 0 Å². The van der Waals surface area contributed by atoms with Crippen molar-refractivity contribution in [3.63, 3.8) is 0 Å². The molecular formula is C36H25OPS2Si. The normalized spacial score (nSPS) is 16.8. The van der Waals surface area contributed by atoms with Crippen LogP contribution in [0.1, 0.15) is 0 Å². The average Bonchev–Trinajstić information content (AvgIpc) is 3.05. The van der Waals surface area contributed by atoms with Gasteiger partial charge < -0.3 is 4.57 Å². The quantitative estimate of drug-likeness (QED) is 0.194. The van der Waals surface area contributed by atoms with Crippen LogP contribution < -0.4 is 36.7 Å². The second-order valence-electron chi connectivity index (χ2n) is 10.4. The van der Waals surface area contributed by atoms with Gasteiger partial charge in [0.2, 0.25) is 0 Å². The van der Waals surface area contributed by atoms with Gasteiger partial charge in [-0.15, -0.1) is 0 Å². The first kappa shape index (κ1) is 25.2. The molecule has 5 heteroatoms. The summed E-state index contributed by atoms with van der Waals surface area (Å²) in [5, 5.41) is 8.29. The predicted molar refractivity (Wildman–Crippen MR) is 178 cm³/mol. The molecule has 0 spiro atoms. The SMILES string of the molecule is O=P(c1ccccc1)(c1ccccc1)c1ccc2c3c1Sc1ccccc1[Si]3(c1ccccc1)c1ccccc1S2. The van der Waals surface area contributed by atoms with Gasteiger partial charge in [0, 0.05) is 35.5 Å². The minimum atomic E-state index is -3.20. The van der Waals surface area contributed by atoms with Gasteiger partial charge in [-0.1, -0.05) is 151 Å². The van der Waals surface area contributed by atoms with E-state index in [4.69, 9.17) is 0 Å². The Hall–Kier alpha value is -3.53. The Kier molecular flexibility index (Phi) is 6.01. The Labute approximate surface area is 250 Å². The predicted octanol–water partition coefficient (Wildman–Crippen LogP) is 5.63. The van der Waals surface area contributed by atoms with Gasteiger partial charge in [0.05, 0.1) is 0 Å². The number of benzene rings is 6. The summed E-state index contributed by atoms with van der Waals surface area (Å²) in [5.74, 6) is 0. The molecule has 0 aromatic heterocycles. The highest BCUT2D eigenvalue weighted by atomic mass is 32.2. The van der Waals surface area contributed by atoms with Crippen LogP contribution in [0.2, 0.25) is 0 Å². The number of hydrogen-bond acceptors (Lipinski definition) is 3. The van der Waals surface area contributed by atoms with E-state index in [0.29, 0.717) is 0 Å². The number of hydrogen-bond donors (Lipinski definition) is 0. The van der Waals surface area contributed by atoms with Gasteiger partial charge in [-0.2, -0.15) is 0 Å². The summed E-state index contributed by atoms with van der Waals surface area (Å²) in [5.41, 5.74) is 0. The fourth-order valence-corrected chi connectivity index (χ4v) is 19.2. The third-order valence-electron chi connectivity index (χ3n) is 8.27. The molecule has 0 fully saturated rings. The minimum absolute atomic E-state index is 0.873. The molecular weight excluding hydrogens is 572 g/mol. The average molecular weight is 597 g/mol. The van der Waals surface area contributed by atoms with Crippen LogP contribution in [0, 0.1) is 0 Å². The van der Waals surface area contributed by atoms with Gasteiger partial charge in [0.25, 0.3) is 0 Å². The number of rotatable bonds is 4. The Morgan fingerprint density at radius 1 is 0.463 bits per heavy atom. The lowest BCUT2D eigenvalue weighted by atomic mass is 10.3. The van der Waals surface area contributed by atoms with Crippen LogP contribution >= 0.6 is 30.7 Å². The topological polar surface area (TPSA) is 17.1 Å². The molecule has 1 unspecified atom stereocenters. The second kappa shape index (κ2) is 9.79. The third kappa shape index (κ3) is 3.62. The molecule has 2 aliphatic rings. The highest BCUT2D eigenvalue weighted by Gasteiger charge is 2.53. The van der Waals surface area contributed by atoms with Crippen molar-refractivity contribution >= 4 is 75.4 Å². The van der Waals surface area contributed by atoms with E-state index in [2.05, 4.69) is 91.0 Å². The Balaban J connectivity index is 1.54. The van der Waals surface area contributed by atoms with Crippen LogP contribution in [0.25, 0.3) is 0 Å². The van der Waals surface area contributed by atoms with Crippen molar-refractivity contribution in [3.05, 3.63) is 152 Å². The summed E-state index contributed by atoms with van der Waals surface area (Å²) in [7, 11) is -5.92. The lowest BCUT2D eigenvalue weighted by Gasteiger charge is -2.45. The van der Waals surface area contributed by atoms with E-state index in [9.17, 15) is 0 Å². The summed E-state index contributed by atoms with van der Waals surface area (Å²) in [6.07, 6.45) is 0. The van der Waals surface area contributed by atoms with Gasteiger partial charge >= 0.3 is 0 Å². The van der Waals surface area contributed by atoms with Crippen LogP contribution in [0.15, 0.2) is 171 Å². The van der Waals surface area contributed by atoms with Gasteiger partial charge in [-0.05, 0) is 45.0 Å². The molecule has 0 bridgehead atoms. The second-order valence-corrected chi connectivity index (χ2v) is 18.9. The highest BCUT2D eigenvalue weighted by Crippen LogP contribution is 2.49. The van der Waals surface area contributed by atoms with Crippen LogP contribution in [-0.2, 0) is 4.57 Å². The standard InChI is InChI=1S/C36H25OPS2Si/c37-38(26-14-4-1-5-15-26,27-16-6-2-7-17-27)29-24-25-32-36-35(29)40-31-21-11-13-23-34(31)41(36,28-18-8-3-9-19-28)33-22-12-10-20-30(33)39-32/h1-25H. The molecule has 0 saturated heterocycles. The summed E-state index contributed by atoms with van der Waals surface area (Å²) in [6, 6.07) is 53.6. The van der Waals surface area contributed by atoms with Gasteiger partial charge in [0.1, 0.15) is 0 Å². The van der Waals surface area contributed by atoms with Crippen molar-refractivity contribution in [2.45, 2.75) is 19.6 Å². The molecule has 8 rings (SSSR count). The lowest BCUT2D eigenvalue weighted by Crippen LogP contribution is -2.78. The smallest absolute Gasteiger partial charge is 0.184 e. The molecule has 1 nitrogen and oxygen atoms in total. The van der Waals surface area contributed by atoms with Crippen molar-refractivity contribution in [1.29, 1.82) is 0 Å². The molecule has 0 radical (unpaired) electrons. The molecule has 0 aliphatic carbocycles. The minimum Gasteiger partial charge on any atom is -0.309 e. The van der Waals surface area contributed by atoms with E-state index in [-0.39, 0.29) is 0 Å². The molecule has 2 heterocycles. The summed E-state index contributed by atoms with van der Waals surface area (Å²) < 4.78 is 15.8. The zero-order valence-corrected chi connectivity index (χ0v) is 25.6. The first-order valence-electron chi connectivity index (χ1n) is 13.7. The molecule has 0 N–H and O–H groups in total. The largest absolute Gasteiger partial charge is 0.309 e. The first-order chi connectivity index (χ1) is 20.2. The van der Waals surface area contributed by atoms with Crippen molar-refractivity contribution < 1.29 is 4.57 Å². The van der Waals surface area contributed by atoms with Crippen molar-refractivity contribution in [3.8, 4) is 0 Å². The fourth-order valence-electron chi connectivity index (χ4n) is 6.57.